The van der Waals surface area contributed by atoms with Crippen molar-refractivity contribution in [2.45, 2.75) is 0 Å². The highest BCUT2D eigenvalue weighted by atomic mass is 35.5. The van der Waals surface area contributed by atoms with Crippen molar-refractivity contribution in [2.24, 2.45) is 0 Å². The molecule has 5 aromatic rings. The van der Waals surface area contributed by atoms with Crippen molar-refractivity contribution in [3.63, 3.8) is 0 Å². The van der Waals surface area contributed by atoms with E-state index >= 15 is 0 Å². The molecule has 136 valence electrons. The molecule has 0 aliphatic carbocycles. The number of benzene rings is 2. The highest BCUT2D eigenvalue weighted by Crippen LogP contribution is 2.26. The van der Waals surface area contributed by atoms with Crippen LogP contribution in [0.5, 0.6) is 0 Å². The van der Waals surface area contributed by atoms with Crippen molar-refractivity contribution in [2.75, 3.05) is 5.32 Å². The van der Waals surface area contributed by atoms with Crippen molar-refractivity contribution in [1.82, 2.24) is 15.1 Å². The molecule has 0 atom stereocenters. The fourth-order valence-electron chi connectivity index (χ4n) is 3.16. The normalized spacial score (nSPS) is 11.2. The van der Waals surface area contributed by atoms with Gasteiger partial charge in [-0.25, -0.2) is 0 Å². The molecule has 0 saturated heterocycles. The van der Waals surface area contributed by atoms with Gasteiger partial charge in [-0.15, -0.1) is 0 Å². The molecule has 0 aliphatic heterocycles. The SMILES string of the molecule is O=C(Nc1cc(-c2cccc(Cl)c2)no1)c1cc2ccc3cccnc3c2[nH]1. The summed E-state index contributed by atoms with van der Waals surface area (Å²) < 4.78 is 5.24. The van der Waals surface area contributed by atoms with Gasteiger partial charge in [0, 0.05) is 33.6 Å². The van der Waals surface area contributed by atoms with Gasteiger partial charge >= 0.3 is 0 Å². The maximum absolute atomic E-state index is 12.6. The summed E-state index contributed by atoms with van der Waals surface area (Å²) in [6.45, 7) is 0. The van der Waals surface area contributed by atoms with Crippen LogP contribution in [0.4, 0.5) is 5.88 Å². The van der Waals surface area contributed by atoms with E-state index < -0.39 is 0 Å². The van der Waals surface area contributed by atoms with Crippen molar-refractivity contribution in [3.05, 3.63) is 77.6 Å². The molecule has 1 amide bonds. The molecule has 0 radical (unpaired) electrons. The quantitative estimate of drug-likeness (QED) is 0.440. The van der Waals surface area contributed by atoms with E-state index in [2.05, 4.69) is 20.4 Å². The van der Waals surface area contributed by atoms with Gasteiger partial charge in [-0.3, -0.25) is 15.1 Å². The Bertz CT molecular complexity index is 1340. The van der Waals surface area contributed by atoms with Crippen LogP contribution in [-0.2, 0) is 0 Å². The maximum atomic E-state index is 12.6. The number of aromatic amines is 1. The summed E-state index contributed by atoms with van der Waals surface area (Å²) >= 11 is 6.01. The Kier molecular flexibility index (Phi) is 3.84. The highest BCUT2D eigenvalue weighted by Gasteiger charge is 2.15. The number of anilines is 1. The van der Waals surface area contributed by atoms with Gasteiger partial charge in [-0.05, 0) is 24.3 Å². The number of nitrogens with zero attached hydrogens (tertiary/aromatic N) is 2. The molecule has 2 aromatic carbocycles. The van der Waals surface area contributed by atoms with Gasteiger partial charge in [0.25, 0.3) is 5.91 Å². The van der Waals surface area contributed by atoms with Gasteiger partial charge in [-0.2, -0.15) is 0 Å². The predicted octanol–water partition coefficient (Wildman–Crippen LogP) is 5.28. The third-order valence-corrected chi connectivity index (χ3v) is 4.71. The Morgan fingerprint density at radius 3 is 2.82 bits per heavy atom. The largest absolute Gasteiger partial charge is 0.349 e. The summed E-state index contributed by atoms with van der Waals surface area (Å²) in [4.78, 5) is 20.2. The zero-order valence-electron chi connectivity index (χ0n) is 14.4. The maximum Gasteiger partial charge on any atom is 0.274 e. The second-order valence-electron chi connectivity index (χ2n) is 6.33. The van der Waals surface area contributed by atoms with E-state index in [-0.39, 0.29) is 11.8 Å². The van der Waals surface area contributed by atoms with Crippen molar-refractivity contribution in [3.8, 4) is 11.3 Å². The van der Waals surface area contributed by atoms with Crippen LogP contribution in [0.3, 0.4) is 0 Å². The highest BCUT2D eigenvalue weighted by molar-refractivity contribution is 6.30. The number of carbonyl (C=O) groups is 1. The van der Waals surface area contributed by atoms with Crippen molar-refractivity contribution in [1.29, 1.82) is 0 Å². The molecule has 3 heterocycles. The number of hydrogen-bond donors (Lipinski definition) is 2. The van der Waals surface area contributed by atoms with E-state index in [1.807, 2.05) is 36.4 Å². The molecule has 7 heteroatoms. The van der Waals surface area contributed by atoms with E-state index in [0.717, 1.165) is 27.4 Å². The minimum atomic E-state index is -0.325. The lowest BCUT2D eigenvalue weighted by Gasteiger charge is -1.98. The molecule has 5 rings (SSSR count). The Hall–Kier alpha value is -3.64. The lowest BCUT2D eigenvalue weighted by Crippen LogP contribution is -2.11. The van der Waals surface area contributed by atoms with Gasteiger partial charge in [0.2, 0.25) is 5.88 Å². The molecule has 0 saturated carbocycles. The number of pyridine rings is 1. The number of halogens is 1. The molecule has 3 aromatic heterocycles. The van der Waals surface area contributed by atoms with Crippen LogP contribution < -0.4 is 5.32 Å². The Morgan fingerprint density at radius 2 is 1.93 bits per heavy atom. The smallest absolute Gasteiger partial charge is 0.274 e. The molecular formula is C21H13ClN4O2. The zero-order chi connectivity index (χ0) is 19.1. The first-order chi connectivity index (χ1) is 13.7. The van der Waals surface area contributed by atoms with Crippen LogP contribution in [0.2, 0.25) is 5.02 Å². The van der Waals surface area contributed by atoms with E-state index in [1.165, 1.54) is 0 Å². The standard InChI is InChI=1S/C21H13ClN4O2/c22-15-5-1-3-13(9-15)16-11-18(28-26-16)25-21(27)17-10-14-7-6-12-4-2-8-23-19(12)20(14)24-17/h1-11,24H,(H,25,27). The lowest BCUT2D eigenvalue weighted by atomic mass is 10.1. The summed E-state index contributed by atoms with van der Waals surface area (Å²) in [7, 11) is 0. The van der Waals surface area contributed by atoms with Crippen LogP contribution in [0.15, 0.2) is 71.4 Å². The van der Waals surface area contributed by atoms with Crippen molar-refractivity contribution >= 4 is 45.2 Å². The lowest BCUT2D eigenvalue weighted by molar-refractivity contribution is 0.102. The van der Waals surface area contributed by atoms with Crippen LogP contribution in [0.25, 0.3) is 33.1 Å². The second-order valence-corrected chi connectivity index (χ2v) is 6.77. The van der Waals surface area contributed by atoms with E-state index in [0.29, 0.717) is 16.4 Å². The number of aromatic nitrogens is 3. The second kappa shape index (κ2) is 6.51. The van der Waals surface area contributed by atoms with E-state index in [1.54, 1.807) is 30.5 Å². The third-order valence-electron chi connectivity index (χ3n) is 4.48. The molecule has 6 nitrogen and oxygen atoms in total. The van der Waals surface area contributed by atoms with Crippen LogP contribution in [0, 0.1) is 0 Å². The van der Waals surface area contributed by atoms with Crippen molar-refractivity contribution < 1.29 is 9.32 Å². The summed E-state index contributed by atoms with van der Waals surface area (Å²) in [5.41, 5.74) is 3.45. The predicted molar refractivity (Wildman–Crippen MR) is 109 cm³/mol. The molecule has 0 aliphatic rings. The third kappa shape index (κ3) is 2.90. The van der Waals surface area contributed by atoms with Gasteiger partial charge in [0.05, 0.1) is 11.0 Å². The number of nitrogens with one attached hydrogen (secondary N) is 2. The molecule has 2 N–H and O–H groups in total. The van der Waals surface area contributed by atoms with Crippen LogP contribution in [-0.4, -0.2) is 21.0 Å². The molecule has 28 heavy (non-hydrogen) atoms. The summed E-state index contributed by atoms with van der Waals surface area (Å²) in [5.74, 6) is -0.0734. The Balaban J connectivity index is 1.44. The molecule has 0 bridgehead atoms. The van der Waals surface area contributed by atoms with Gasteiger partial charge in [0.15, 0.2) is 0 Å². The molecule has 0 unspecified atom stereocenters. The Labute approximate surface area is 164 Å². The number of H-pyrrole nitrogens is 1. The molecular weight excluding hydrogens is 376 g/mol. The molecule has 0 spiro atoms. The first-order valence-electron chi connectivity index (χ1n) is 8.58. The number of carbonyl (C=O) groups excluding carboxylic acids is 1. The van der Waals surface area contributed by atoms with E-state index in [9.17, 15) is 4.79 Å². The fraction of sp³-hybridized carbons (Fsp3) is 0. The zero-order valence-corrected chi connectivity index (χ0v) is 15.2. The number of hydrogen-bond acceptors (Lipinski definition) is 4. The minimum absolute atomic E-state index is 0.251. The average Bonchev–Trinajstić information content (AvgIpc) is 3.35. The number of amides is 1. The first kappa shape index (κ1) is 16.5. The summed E-state index contributed by atoms with van der Waals surface area (Å²) in [6.07, 6.45) is 1.73. The summed E-state index contributed by atoms with van der Waals surface area (Å²) in [5, 5.41) is 9.23. The topological polar surface area (TPSA) is 83.8 Å². The summed E-state index contributed by atoms with van der Waals surface area (Å²) in [6, 6.07) is 18.5. The number of fused-ring (bicyclic) bond motifs is 3. The van der Waals surface area contributed by atoms with Crippen LogP contribution >= 0.6 is 11.6 Å². The Morgan fingerprint density at radius 1 is 1.04 bits per heavy atom. The van der Waals surface area contributed by atoms with E-state index in [4.69, 9.17) is 16.1 Å². The minimum Gasteiger partial charge on any atom is -0.349 e. The molecule has 0 fully saturated rings. The van der Waals surface area contributed by atoms with Gasteiger partial charge < -0.3 is 9.51 Å². The first-order valence-corrected chi connectivity index (χ1v) is 8.96. The van der Waals surface area contributed by atoms with Gasteiger partial charge in [-0.1, -0.05) is 47.1 Å². The van der Waals surface area contributed by atoms with Crippen LogP contribution in [0.1, 0.15) is 10.5 Å². The monoisotopic (exact) mass is 388 g/mol. The number of rotatable bonds is 3. The average molecular weight is 389 g/mol. The fourth-order valence-corrected chi connectivity index (χ4v) is 3.35. The van der Waals surface area contributed by atoms with Gasteiger partial charge in [0.1, 0.15) is 11.4 Å².